The molecule has 0 aliphatic carbocycles. The summed E-state index contributed by atoms with van der Waals surface area (Å²) in [5, 5.41) is 0. The summed E-state index contributed by atoms with van der Waals surface area (Å²) in [5.74, 6) is 0.957. The number of hydrogen-bond donors (Lipinski definition) is 1. The van der Waals surface area contributed by atoms with Crippen LogP contribution < -0.4 is 4.72 Å². The number of benzene rings is 1. The summed E-state index contributed by atoms with van der Waals surface area (Å²) >= 11 is 0. The number of rotatable bonds is 5. The van der Waals surface area contributed by atoms with Crippen molar-refractivity contribution in [1.29, 1.82) is 0 Å². The van der Waals surface area contributed by atoms with Crippen molar-refractivity contribution < 1.29 is 13.2 Å². The van der Waals surface area contributed by atoms with Crippen molar-refractivity contribution in [2.45, 2.75) is 38.8 Å². The Hall–Kier alpha value is -1.93. The fraction of sp³-hybridized carbons (Fsp3) is 0.529. The molecule has 0 spiro atoms. The van der Waals surface area contributed by atoms with Gasteiger partial charge in [-0.15, -0.1) is 0 Å². The fourth-order valence-corrected chi connectivity index (χ4v) is 4.20. The van der Waals surface area contributed by atoms with Gasteiger partial charge in [-0.05, 0) is 25.0 Å². The minimum Gasteiger partial charge on any atom is -0.341 e. The molecule has 7 nitrogen and oxygen atoms in total. The van der Waals surface area contributed by atoms with Gasteiger partial charge >= 0.3 is 0 Å². The highest BCUT2D eigenvalue weighted by Gasteiger charge is 2.25. The molecule has 1 amide bonds. The van der Waals surface area contributed by atoms with Crippen LogP contribution in [0, 0.1) is 0 Å². The molecule has 8 heteroatoms. The summed E-state index contributed by atoms with van der Waals surface area (Å²) in [5.41, 5.74) is 1.88. The summed E-state index contributed by atoms with van der Waals surface area (Å²) in [6.45, 7) is 3.44. The van der Waals surface area contributed by atoms with Crippen LogP contribution in [0.1, 0.15) is 25.6 Å². The molecule has 1 saturated heterocycles. The standard InChI is InChI=1S/C17H24N4O3S/c1-3-16-18-14-6-4-5-7-15(14)21(16)12-17(22)20-10-8-13(9-11-20)19-25(2,23)24/h4-7,13,19H,3,8-12H2,1-2H3. The van der Waals surface area contributed by atoms with Crippen molar-refractivity contribution >= 4 is 27.0 Å². The molecular weight excluding hydrogens is 340 g/mol. The number of sulfonamides is 1. The predicted molar refractivity (Wildman–Crippen MR) is 96.7 cm³/mol. The van der Waals surface area contributed by atoms with E-state index in [0.29, 0.717) is 25.9 Å². The molecule has 0 radical (unpaired) electrons. The number of imidazole rings is 1. The second-order valence-corrected chi connectivity index (χ2v) is 8.28. The lowest BCUT2D eigenvalue weighted by molar-refractivity contribution is -0.132. The van der Waals surface area contributed by atoms with Crippen LogP contribution in [0.25, 0.3) is 11.0 Å². The lowest BCUT2D eigenvalue weighted by Gasteiger charge is -2.32. The molecule has 0 atom stereocenters. The third-order valence-electron chi connectivity index (χ3n) is 4.57. The molecule has 1 aromatic carbocycles. The average molecular weight is 364 g/mol. The number of amides is 1. The number of hydrogen-bond acceptors (Lipinski definition) is 4. The van der Waals surface area contributed by atoms with E-state index >= 15 is 0 Å². The number of likely N-dealkylation sites (tertiary alicyclic amines) is 1. The molecule has 1 aliphatic rings. The molecule has 0 bridgehead atoms. The van der Waals surface area contributed by atoms with Gasteiger partial charge in [0.15, 0.2) is 0 Å². The van der Waals surface area contributed by atoms with Crippen molar-refractivity contribution in [3.63, 3.8) is 0 Å². The van der Waals surface area contributed by atoms with Crippen LogP contribution in [0.3, 0.4) is 0 Å². The van der Waals surface area contributed by atoms with E-state index in [4.69, 9.17) is 0 Å². The summed E-state index contributed by atoms with van der Waals surface area (Å²) in [6, 6.07) is 7.75. The topological polar surface area (TPSA) is 84.3 Å². The van der Waals surface area contributed by atoms with E-state index in [0.717, 1.165) is 23.3 Å². The molecule has 2 heterocycles. The maximum atomic E-state index is 12.7. The Morgan fingerprint density at radius 2 is 1.96 bits per heavy atom. The van der Waals surface area contributed by atoms with E-state index in [1.54, 1.807) is 0 Å². The minimum atomic E-state index is -3.20. The molecule has 25 heavy (non-hydrogen) atoms. The van der Waals surface area contributed by atoms with E-state index in [-0.39, 0.29) is 18.5 Å². The predicted octanol–water partition coefficient (Wildman–Crippen LogP) is 1.14. The maximum absolute atomic E-state index is 12.7. The number of nitrogens with zero attached hydrogens (tertiary/aromatic N) is 3. The lowest BCUT2D eigenvalue weighted by atomic mass is 10.1. The molecule has 0 unspecified atom stereocenters. The SMILES string of the molecule is CCc1nc2ccccc2n1CC(=O)N1CCC(NS(C)(=O)=O)CC1. The second-order valence-electron chi connectivity index (χ2n) is 6.50. The maximum Gasteiger partial charge on any atom is 0.242 e. The number of fused-ring (bicyclic) bond motifs is 1. The van der Waals surface area contributed by atoms with Gasteiger partial charge in [0.05, 0.1) is 17.3 Å². The summed E-state index contributed by atoms with van der Waals surface area (Å²) in [4.78, 5) is 19.1. The largest absolute Gasteiger partial charge is 0.341 e. The highest BCUT2D eigenvalue weighted by molar-refractivity contribution is 7.88. The zero-order valence-electron chi connectivity index (χ0n) is 14.6. The van der Waals surface area contributed by atoms with Gasteiger partial charge in [-0.3, -0.25) is 4.79 Å². The smallest absolute Gasteiger partial charge is 0.242 e. The summed E-state index contributed by atoms with van der Waals surface area (Å²) < 4.78 is 27.2. The number of nitrogens with one attached hydrogen (secondary N) is 1. The Morgan fingerprint density at radius 3 is 2.60 bits per heavy atom. The highest BCUT2D eigenvalue weighted by atomic mass is 32.2. The zero-order valence-corrected chi connectivity index (χ0v) is 15.4. The van der Waals surface area contributed by atoms with E-state index in [9.17, 15) is 13.2 Å². The minimum absolute atomic E-state index is 0.0515. The van der Waals surface area contributed by atoms with Gasteiger partial charge in [0.1, 0.15) is 12.4 Å². The molecule has 1 N–H and O–H groups in total. The van der Waals surface area contributed by atoms with Gasteiger partial charge < -0.3 is 9.47 Å². The summed E-state index contributed by atoms with van der Waals surface area (Å²) in [6.07, 6.45) is 3.22. The summed E-state index contributed by atoms with van der Waals surface area (Å²) in [7, 11) is -3.20. The van der Waals surface area contributed by atoms with Crippen LogP contribution in [0.2, 0.25) is 0 Å². The van der Waals surface area contributed by atoms with Gasteiger partial charge in [-0.2, -0.15) is 0 Å². The van der Waals surface area contributed by atoms with Gasteiger partial charge in [-0.25, -0.2) is 18.1 Å². The van der Waals surface area contributed by atoms with E-state index in [2.05, 4.69) is 9.71 Å². The van der Waals surface area contributed by atoms with E-state index in [1.807, 2.05) is 40.7 Å². The van der Waals surface area contributed by atoms with Crippen LogP contribution >= 0.6 is 0 Å². The molecular formula is C17H24N4O3S. The molecule has 1 aromatic heterocycles. The van der Waals surface area contributed by atoms with E-state index in [1.165, 1.54) is 6.26 Å². The van der Waals surface area contributed by atoms with Crippen molar-refractivity contribution in [1.82, 2.24) is 19.2 Å². The zero-order chi connectivity index (χ0) is 18.0. The number of carbonyl (C=O) groups excluding carboxylic acids is 1. The molecule has 2 aromatic rings. The monoisotopic (exact) mass is 364 g/mol. The first-order valence-corrected chi connectivity index (χ1v) is 10.5. The van der Waals surface area contributed by atoms with Crippen LogP contribution in [0.15, 0.2) is 24.3 Å². The lowest BCUT2D eigenvalue weighted by Crippen LogP contribution is -2.47. The first-order chi connectivity index (χ1) is 11.9. The van der Waals surface area contributed by atoms with Gasteiger partial charge in [-0.1, -0.05) is 19.1 Å². The third kappa shape index (κ3) is 4.19. The van der Waals surface area contributed by atoms with Crippen molar-refractivity contribution in [2.75, 3.05) is 19.3 Å². The van der Waals surface area contributed by atoms with Crippen LogP contribution in [0.4, 0.5) is 0 Å². The van der Waals surface area contributed by atoms with Gasteiger partial charge in [0, 0.05) is 25.6 Å². The number of piperidine rings is 1. The van der Waals surface area contributed by atoms with Crippen molar-refractivity contribution in [3.05, 3.63) is 30.1 Å². The van der Waals surface area contributed by atoms with Crippen LogP contribution in [0.5, 0.6) is 0 Å². The number of para-hydroxylation sites is 2. The van der Waals surface area contributed by atoms with Gasteiger partial charge in [0.25, 0.3) is 0 Å². The molecule has 136 valence electrons. The second kappa shape index (κ2) is 7.13. The quantitative estimate of drug-likeness (QED) is 0.862. The Labute approximate surface area is 148 Å². The van der Waals surface area contributed by atoms with Crippen LogP contribution in [-0.2, 0) is 27.8 Å². The normalized spacial score (nSPS) is 16.5. The first-order valence-electron chi connectivity index (χ1n) is 8.56. The third-order valence-corrected chi connectivity index (χ3v) is 5.33. The number of carbonyl (C=O) groups is 1. The van der Waals surface area contributed by atoms with E-state index < -0.39 is 10.0 Å². The highest BCUT2D eigenvalue weighted by Crippen LogP contribution is 2.18. The fourth-order valence-electron chi connectivity index (χ4n) is 3.36. The Bertz CT molecular complexity index is 867. The first kappa shape index (κ1) is 17.9. The Balaban J connectivity index is 1.68. The molecule has 1 fully saturated rings. The average Bonchev–Trinajstić information content (AvgIpc) is 2.92. The van der Waals surface area contributed by atoms with Crippen molar-refractivity contribution in [3.8, 4) is 0 Å². The number of aromatic nitrogens is 2. The molecule has 3 rings (SSSR count). The molecule has 1 aliphatic heterocycles. The Morgan fingerprint density at radius 1 is 1.28 bits per heavy atom. The Kier molecular flexibility index (Phi) is 5.10. The van der Waals surface area contributed by atoms with Crippen molar-refractivity contribution in [2.24, 2.45) is 0 Å². The van der Waals surface area contributed by atoms with Gasteiger partial charge in [0.2, 0.25) is 15.9 Å². The molecule has 0 saturated carbocycles. The van der Waals surface area contributed by atoms with Crippen LogP contribution in [-0.4, -0.2) is 54.2 Å². The number of aryl methyl sites for hydroxylation is 1.